The minimum Gasteiger partial charge on any atom is -0.459 e. The summed E-state index contributed by atoms with van der Waals surface area (Å²) >= 11 is 1.33. The Labute approximate surface area is 169 Å². The molecule has 7 nitrogen and oxygen atoms in total. The Morgan fingerprint density at radius 2 is 1.76 bits per heavy atom. The molecule has 0 spiro atoms. The SMILES string of the molecule is Cc1ccc(-c2sc(NC(=O)c3ccco3)nc2-c2ccc([N+](=O)[O-])cc2)cc1. The summed E-state index contributed by atoms with van der Waals surface area (Å²) in [5.41, 5.74) is 3.44. The van der Waals surface area contributed by atoms with Crippen molar-refractivity contribution in [2.75, 3.05) is 5.32 Å². The first-order chi connectivity index (χ1) is 14.0. The number of nitro groups is 1. The highest BCUT2D eigenvalue weighted by atomic mass is 32.1. The van der Waals surface area contributed by atoms with Gasteiger partial charge in [0.2, 0.25) is 0 Å². The van der Waals surface area contributed by atoms with E-state index >= 15 is 0 Å². The van der Waals surface area contributed by atoms with Crippen LogP contribution in [0.4, 0.5) is 10.8 Å². The minimum atomic E-state index is -0.444. The Morgan fingerprint density at radius 1 is 1.07 bits per heavy atom. The number of nitrogens with one attached hydrogen (secondary N) is 1. The first kappa shape index (κ1) is 18.6. The fourth-order valence-electron chi connectivity index (χ4n) is 2.78. The molecule has 0 aliphatic heterocycles. The number of nitro benzene ring substituents is 1. The Balaban J connectivity index is 1.75. The molecule has 0 bridgehead atoms. The van der Waals surface area contributed by atoms with Gasteiger partial charge in [-0.05, 0) is 36.8 Å². The van der Waals surface area contributed by atoms with Gasteiger partial charge < -0.3 is 4.42 Å². The molecule has 144 valence electrons. The minimum absolute atomic E-state index is 0.00668. The molecule has 0 aliphatic rings. The first-order valence-corrected chi connectivity index (χ1v) is 9.50. The van der Waals surface area contributed by atoms with Crippen LogP contribution in [0.15, 0.2) is 71.3 Å². The van der Waals surface area contributed by atoms with Crippen molar-refractivity contribution in [3.63, 3.8) is 0 Å². The molecule has 0 unspecified atom stereocenters. The van der Waals surface area contributed by atoms with E-state index in [0.717, 1.165) is 21.6 Å². The molecular formula is C21H15N3O4S. The zero-order chi connectivity index (χ0) is 20.4. The zero-order valence-electron chi connectivity index (χ0n) is 15.3. The number of anilines is 1. The van der Waals surface area contributed by atoms with E-state index in [2.05, 4.69) is 10.3 Å². The molecule has 0 aliphatic carbocycles. The molecular weight excluding hydrogens is 390 g/mol. The maximum Gasteiger partial charge on any atom is 0.293 e. The molecule has 0 radical (unpaired) electrons. The summed E-state index contributed by atoms with van der Waals surface area (Å²) in [4.78, 5) is 28.3. The van der Waals surface area contributed by atoms with E-state index in [1.807, 2.05) is 31.2 Å². The van der Waals surface area contributed by atoms with Crippen molar-refractivity contribution >= 4 is 28.1 Å². The van der Waals surface area contributed by atoms with Crippen molar-refractivity contribution in [1.82, 2.24) is 4.98 Å². The summed E-state index contributed by atoms with van der Waals surface area (Å²) in [6.07, 6.45) is 1.43. The number of carbonyl (C=O) groups excluding carboxylic acids is 1. The molecule has 0 saturated carbocycles. The second-order valence-corrected chi connectivity index (χ2v) is 7.30. The second kappa shape index (κ2) is 7.69. The van der Waals surface area contributed by atoms with Gasteiger partial charge in [0.25, 0.3) is 11.6 Å². The molecule has 2 aromatic heterocycles. The number of nitrogens with zero attached hydrogens (tertiary/aromatic N) is 2. The molecule has 4 aromatic rings. The Kier molecular flexibility index (Phi) is 4.92. The number of carbonyl (C=O) groups is 1. The number of non-ortho nitro benzene ring substituents is 1. The van der Waals surface area contributed by atoms with E-state index in [1.165, 1.54) is 29.7 Å². The van der Waals surface area contributed by atoms with Crippen LogP contribution >= 0.6 is 11.3 Å². The molecule has 4 rings (SSSR count). The van der Waals surface area contributed by atoms with Crippen LogP contribution in [0.25, 0.3) is 21.7 Å². The zero-order valence-corrected chi connectivity index (χ0v) is 16.1. The summed E-state index contributed by atoms with van der Waals surface area (Å²) in [6, 6.07) is 17.4. The van der Waals surface area contributed by atoms with Crippen LogP contribution < -0.4 is 5.32 Å². The van der Waals surface area contributed by atoms with Gasteiger partial charge in [-0.1, -0.05) is 41.2 Å². The van der Waals surface area contributed by atoms with Crippen LogP contribution in [0.5, 0.6) is 0 Å². The third kappa shape index (κ3) is 3.92. The van der Waals surface area contributed by atoms with Gasteiger partial charge in [0.05, 0.1) is 21.8 Å². The number of amides is 1. The van der Waals surface area contributed by atoms with Crippen LogP contribution in [-0.4, -0.2) is 15.8 Å². The van der Waals surface area contributed by atoms with Crippen molar-refractivity contribution < 1.29 is 14.1 Å². The quantitative estimate of drug-likeness (QED) is 0.347. The summed E-state index contributed by atoms with van der Waals surface area (Å²) in [5.74, 6) is -0.205. The maximum absolute atomic E-state index is 12.3. The van der Waals surface area contributed by atoms with E-state index in [-0.39, 0.29) is 11.4 Å². The van der Waals surface area contributed by atoms with Crippen LogP contribution in [0.1, 0.15) is 16.1 Å². The van der Waals surface area contributed by atoms with Gasteiger partial charge in [0.15, 0.2) is 10.9 Å². The molecule has 1 N–H and O–H groups in total. The van der Waals surface area contributed by atoms with Crippen LogP contribution in [0, 0.1) is 17.0 Å². The number of rotatable bonds is 5. The summed E-state index contributed by atoms with van der Waals surface area (Å²) in [5, 5.41) is 14.1. The van der Waals surface area contributed by atoms with Crippen molar-refractivity contribution in [2.24, 2.45) is 0 Å². The lowest BCUT2D eigenvalue weighted by atomic mass is 10.1. The molecule has 2 aromatic carbocycles. The van der Waals surface area contributed by atoms with E-state index in [0.29, 0.717) is 10.8 Å². The number of aryl methyl sites for hydroxylation is 1. The fourth-order valence-corrected chi connectivity index (χ4v) is 3.77. The number of furan rings is 1. The Morgan fingerprint density at radius 3 is 2.38 bits per heavy atom. The standard InChI is InChI=1S/C21H15N3O4S/c1-13-4-6-15(7-5-13)19-18(14-8-10-16(11-9-14)24(26)27)22-21(29-19)23-20(25)17-3-2-12-28-17/h2-12H,1H3,(H,22,23,25). The highest BCUT2D eigenvalue weighted by Gasteiger charge is 2.18. The van der Waals surface area contributed by atoms with Crippen LogP contribution in [0.2, 0.25) is 0 Å². The van der Waals surface area contributed by atoms with Crippen molar-refractivity contribution in [1.29, 1.82) is 0 Å². The normalized spacial score (nSPS) is 10.7. The van der Waals surface area contributed by atoms with Crippen molar-refractivity contribution in [3.8, 4) is 21.7 Å². The van der Waals surface area contributed by atoms with E-state index in [9.17, 15) is 14.9 Å². The lowest BCUT2D eigenvalue weighted by Gasteiger charge is -2.03. The van der Waals surface area contributed by atoms with Gasteiger partial charge in [-0.25, -0.2) is 4.98 Å². The largest absolute Gasteiger partial charge is 0.459 e. The smallest absolute Gasteiger partial charge is 0.293 e. The maximum atomic E-state index is 12.3. The van der Waals surface area contributed by atoms with E-state index < -0.39 is 10.8 Å². The highest BCUT2D eigenvalue weighted by Crippen LogP contribution is 2.39. The topological polar surface area (TPSA) is 98.3 Å². The van der Waals surface area contributed by atoms with Gasteiger partial charge in [-0.15, -0.1) is 0 Å². The predicted octanol–water partition coefficient (Wildman–Crippen LogP) is 5.54. The average molecular weight is 405 g/mol. The molecule has 0 fully saturated rings. The number of hydrogen-bond acceptors (Lipinski definition) is 6. The van der Waals surface area contributed by atoms with Gasteiger partial charge >= 0.3 is 0 Å². The predicted molar refractivity (Wildman–Crippen MR) is 111 cm³/mol. The highest BCUT2D eigenvalue weighted by molar-refractivity contribution is 7.19. The molecule has 1 amide bonds. The van der Waals surface area contributed by atoms with Crippen molar-refractivity contribution in [2.45, 2.75) is 6.92 Å². The van der Waals surface area contributed by atoms with Crippen LogP contribution in [0.3, 0.4) is 0 Å². The molecule has 0 saturated heterocycles. The first-order valence-electron chi connectivity index (χ1n) is 8.69. The fraction of sp³-hybridized carbons (Fsp3) is 0.0476. The average Bonchev–Trinajstić information content (AvgIpc) is 3.39. The Hall–Kier alpha value is -3.78. The monoisotopic (exact) mass is 405 g/mol. The third-order valence-corrected chi connectivity index (χ3v) is 5.28. The lowest BCUT2D eigenvalue weighted by molar-refractivity contribution is -0.384. The second-order valence-electron chi connectivity index (χ2n) is 6.30. The van der Waals surface area contributed by atoms with Gasteiger partial charge in [-0.2, -0.15) is 0 Å². The van der Waals surface area contributed by atoms with E-state index in [4.69, 9.17) is 4.42 Å². The number of hydrogen-bond donors (Lipinski definition) is 1. The summed E-state index contributed by atoms with van der Waals surface area (Å²) in [7, 11) is 0. The van der Waals surface area contributed by atoms with Crippen LogP contribution in [-0.2, 0) is 0 Å². The van der Waals surface area contributed by atoms with Gasteiger partial charge in [0.1, 0.15) is 0 Å². The summed E-state index contributed by atoms with van der Waals surface area (Å²) < 4.78 is 5.12. The number of benzene rings is 2. The lowest BCUT2D eigenvalue weighted by Crippen LogP contribution is -2.10. The van der Waals surface area contributed by atoms with Gasteiger partial charge in [-0.3, -0.25) is 20.2 Å². The molecule has 29 heavy (non-hydrogen) atoms. The molecule has 8 heteroatoms. The Bertz CT molecular complexity index is 1160. The number of aromatic nitrogens is 1. The third-order valence-electron chi connectivity index (χ3n) is 4.26. The molecule has 0 atom stereocenters. The van der Waals surface area contributed by atoms with Crippen molar-refractivity contribution in [3.05, 3.63) is 88.4 Å². The number of thiazole rings is 1. The van der Waals surface area contributed by atoms with Gasteiger partial charge in [0, 0.05) is 17.7 Å². The summed E-state index contributed by atoms with van der Waals surface area (Å²) in [6.45, 7) is 2.00. The van der Waals surface area contributed by atoms with E-state index in [1.54, 1.807) is 24.3 Å². The molecule has 2 heterocycles.